The molecule has 1 aromatic heterocycles. The van der Waals surface area contributed by atoms with Crippen molar-refractivity contribution in [3.63, 3.8) is 0 Å². The molecule has 2 N–H and O–H groups in total. The Bertz CT molecular complexity index is 702. The summed E-state index contributed by atoms with van der Waals surface area (Å²) in [4.78, 5) is 22.1. The lowest BCUT2D eigenvalue weighted by Crippen LogP contribution is -2.07. The summed E-state index contributed by atoms with van der Waals surface area (Å²) in [7, 11) is 1.24. The predicted octanol–water partition coefficient (Wildman–Crippen LogP) is 1.36. The van der Waals surface area contributed by atoms with E-state index in [2.05, 4.69) is 0 Å². The summed E-state index contributed by atoms with van der Waals surface area (Å²) in [6.45, 7) is -0.0784. The minimum absolute atomic E-state index is 0.0428. The first-order chi connectivity index (χ1) is 9.54. The zero-order valence-electron chi connectivity index (χ0n) is 10.6. The third kappa shape index (κ3) is 2.51. The first kappa shape index (κ1) is 13.7. The molecule has 106 valence electrons. The van der Waals surface area contributed by atoms with E-state index < -0.39 is 11.6 Å². The number of methoxy groups -OCH3 is 1. The molecular weight excluding hydrogens is 268 g/mol. The number of benzene rings is 1. The Morgan fingerprint density at radius 2 is 2.15 bits per heavy atom. The average Bonchev–Trinajstić information content (AvgIpc) is 2.39. The Labute approximate surface area is 113 Å². The monoisotopic (exact) mass is 280 g/mol. The Morgan fingerprint density at radius 1 is 1.40 bits per heavy atom. The van der Waals surface area contributed by atoms with Gasteiger partial charge in [0.15, 0.2) is 17.1 Å². The van der Waals surface area contributed by atoms with E-state index in [1.807, 2.05) is 0 Å². The second-order valence-corrected chi connectivity index (χ2v) is 3.90. The van der Waals surface area contributed by atoms with Crippen LogP contribution < -0.4 is 15.1 Å². The standard InChI is InChI=1S/C13H12O7/c1-18-12-10(16)7-3-2-4-8(11(7)20-13(12)17)19-6-5-9(14)15/h2-4,16H,5-6H2,1H3,(H,14,15). The number of hydrogen-bond acceptors (Lipinski definition) is 6. The van der Waals surface area contributed by atoms with Crippen LogP contribution in [0.1, 0.15) is 6.42 Å². The zero-order chi connectivity index (χ0) is 14.7. The van der Waals surface area contributed by atoms with Crippen LogP contribution in [0.3, 0.4) is 0 Å². The second-order valence-electron chi connectivity index (χ2n) is 3.90. The first-order valence-electron chi connectivity index (χ1n) is 5.72. The fourth-order valence-electron chi connectivity index (χ4n) is 1.71. The van der Waals surface area contributed by atoms with Crippen molar-refractivity contribution in [1.29, 1.82) is 0 Å². The van der Waals surface area contributed by atoms with Crippen molar-refractivity contribution in [2.24, 2.45) is 0 Å². The number of carbonyl (C=O) groups is 1. The maximum Gasteiger partial charge on any atom is 0.383 e. The van der Waals surface area contributed by atoms with Crippen molar-refractivity contribution >= 4 is 16.9 Å². The molecule has 2 rings (SSSR count). The van der Waals surface area contributed by atoms with Crippen LogP contribution in [0.25, 0.3) is 11.0 Å². The Balaban J connectivity index is 2.47. The number of hydrogen-bond donors (Lipinski definition) is 2. The molecule has 0 radical (unpaired) electrons. The highest BCUT2D eigenvalue weighted by molar-refractivity contribution is 5.89. The van der Waals surface area contributed by atoms with E-state index >= 15 is 0 Å². The second kappa shape index (κ2) is 5.52. The molecular formula is C13H12O7. The summed E-state index contributed by atoms with van der Waals surface area (Å²) >= 11 is 0. The molecule has 0 aliphatic carbocycles. The van der Waals surface area contributed by atoms with Crippen molar-refractivity contribution in [2.75, 3.05) is 13.7 Å². The minimum atomic E-state index is -1.00. The topological polar surface area (TPSA) is 106 Å². The smallest absolute Gasteiger partial charge is 0.383 e. The molecule has 0 aliphatic heterocycles. The van der Waals surface area contributed by atoms with Gasteiger partial charge in [0.2, 0.25) is 5.75 Å². The van der Waals surface area contributed by atoms with Gasteiger partial charge in [-0.1, -0.05) is 6.07 Å². The molecule has 0 aliphatic rings. The van der Waals surface area contributed by atoms with Gasteiger partial charge in [0.1, 0.15) is 0 Å². The fourth-order valence-corrected chi connectivity index (χ4v) is 1.71. The van der Waals surface area contributed by atoms with Gasteiger partial charge in [0.05, 0.1) is 25.5 Å². The number of carboxylic acid groups (broad SMARTS) is 1. The largest absolute Gasteiger partial charge is 0.504 e. The van der Waals surface area contributed by atoms with Crippen LogP contribution in [0.2, 0.25) is 0 Å². The molecule has 20 heavy (non-hydrogen) atoms. The fraction of sp³-hybridized carbons (Fsp3) is 0.231. The van der Waals surface area contributed by atoms with E-state index in [0.29, 0.717) is 0 Å². The summed E-state index contributed by atoms with van der Waals surface area (Å²) in [5, 5.41) is 18.7. The summed E-state index contributed by atoms with van der Waals surface area (Å²) in [6, 6.07) is 4.62. The lowest BCUT2D eigenvalue weighted by atomic mass is 10.2. The number of carboxylic acids is 1. The van der Waals surface area contributed by atoms with Crippen LogP contribution >= 0.6 is 0 Å². The molecule has 0 bridgehead atoms. The van der Waals surface area contributed by atoms with Crippen LogP contribution in [-0.4, -0.2) is 29.9 Å². The Hall–Kier alpha value is -2.70. The van der Waals surface area contributed by atoms with Crippen molar-refractivity contribution in [3.8, 4) is 17.2 Å². The van der Waals surface area contributed by atoms with E-state index in [1.54, 1.807) is 6.07 Å². The van der Waals surface area contributed by atoms with Gasteiger partial charge in [-0.3, -0.25) is 4.79 Å². The highest BCUT2D eigenvalue weighted by Gasteiger charge is 2.17. The van der Waals surface area contributed by atoms with Crippen LogP contribution in [0.15, 0.2) is 27.4 Å². The maximum absolute atomic E-state index is 11.6. The number of aliphatic carboxylic acids is 1. The van der Waals surface area contributed by atoms with Gasteiger partial charge in [-0.25, -0.2) is 4.79 Å². The quantitative estimate of drug-likeness (QED) is 0.796. The summed E-state index contributed by atoms with van der Waals surface area (Å²) in [5.41, 5.74) is -0.798. The van der Waals surface area contributed by atoms with Gasteiger partial charge in [0.25, 0.3) is 0 Å². The van der Waals surface area contributed by atoms with E-state index in [9.17, 15) is 14.7 Å². The number of para-hydroxylation sites is 1. The molecule has 0 amide bonds. The highest BCUT2D eigenvalue weighted by Crippen LogP contribution is 2.35. The summed E-state index contributed by atoms with van der Waals surface area (Å²) in [5.74, 6) is -1.46. The van der Waals surface area contributed by atoms with E-state index in [0.717, 1.165) is 0 Å². The molecule has 0 spiro atoms. The number of fused-ring (bicyclic) bond motifs is 1. The molecule has 0 saturated heterocycles. The molecule has 0 unspecified atom stereocenters. The third-order valence-corrected chi connectivity index (χ3v) is 2.61. The number of rotatable bonds is 5. The van der Waals surface area contributed by atoms with E-state index in [-0.39, 0.29) is 41.2 Å². The predicted molar refractivity (Wildman–Crippen MR) is 68.4 cm³/mol. The van der Waals surface area contributed by atoms with Gasteiger partial charge in [-0.05, 0) is 12.1 Å². The molecule has 7 nitrogen and oxygen atoms in total. The lowest BCUT2D eigenvalue weighted by Gasteiger charge is -2.09. The molecule has 1 heterocycles. The van der Waals surface area contributed by atoms with Gasteiger partial charge in [0, 0.05) is 0 Å². The van der Waals surface area contributed by atoms with Crippen molar-refractivity contribution in [2.45, 2.75) is 6.42 Å². The van der Waals surface area contributed by atoms with Gasteiger partial charge >= 0.3 is 11.6 Å². The van der Waals surface area contributed by atoms with Gasteiger partial charge < -0.3 is 24.1 Å². The third-order valence-electron chi connectivity index (χ3n) is 2.61. The maximum atomic E-state index is 11.6. The Morgan fingerprint density at radius 3 is 2.80 bits per heavy atom. The van der Waals surface area contributed by atoms with Crippen molar-refractivity contribution in [1.82, 2.24) is 0 Å². The SMILES string of the molecule is COc1c(O)c2cccc(OCCC(=O)O)c2oc1=O. The van der Waals surface area contributed by atoms with Crippen LogP contribution in [0, 0.1) is 0 Å². The van der Waals surface area contributed by atoms with Crippen molar-refractivity contribution in [3.05, 3.63) is 28.6 Å². The Kier molecular flexibility index (Phi) is 3.79. The molecule has 2 aromatic rings. The lowest BCUT2D eigenvalue weighted by molar-refractivity contribution is -0.137. The van der Waals surface area contributed by atoms with E-state index in [4.69, 9.17) is 19.0 Å². The highest BCUT2D eigenvalue weighted by atomic mass is 16.5. The molecule has 7 heteroatoms. The van der Waals surface area contributed by atoms with Crippen LogP contribution in [0.5, 0.6) is 17.2 Å². The van der Waals surface area contributed by atoms with E-state index in [1.165, 1.54) is 19.2 Å². The summed E-state index contributed by atoms with van der Waals surface area (Å²) < 4.78 is 15.0. The normalized spacial score (nSPS) is 10.4. The van der Waals surface area contributed by atoms with Crippen molar-refractivity contribution < 1.29 is 28.9 Å². The van der Waals surface area contributed by atoms with Gasteiger partial charge in [-0.2, -0.15) is 0 Å². The molecule has 0 fully saturated rings. The van der Waals surface area contributed by atoms with Crippen LogP contribution in [0.4, 0.5) is 0 Å². The average molecular weight is 280 g/mol. The first-order valence-corrected chi connectivity index (χ1v) is 5.72. The van der Waals surface area contributed by atoms with Gasteiger partial charge in [-0.15, -0.1) is 0 Å². The zero-order valence-corrected chi connectivity index (χ0v) is 10.6. The molecule has 0 atom stereocenters. The van der Waals surface area contributed by atoms with Crippen LogP contribution in [-0.2, 0) is 4.79 Å². The number of aromatic hydroxyl groups is 1. The molecule has 0 saturated carbocycles. The summed E-state index contributed by atoms with van der Waals surface area (Å²) in [6.07, 6.45) is -0.192. The minimum Gasteiger partial charge on any atom is -0.504 e. The number of ether oxygens (including phenoxy) is 2. The molecule has 1 aromatic carbocycles.